The molecule has 2 aromatic carbocycles. The summed E-state index contributed by atoms with van der Waals surface area (Å²) in [7, 11) is 1.62. The molecule has 1 N–H and O–H groups in total. The minimum atomic E-state index is -1.17. The van der Waals surface area contributed by atoms with Gasteiger partial charge in [0, 0.05) is 29.2 Å². The standard InChI is InChI=1S/C27H30Cl2N2O3/c1-6-20(21-10-12-25(13-11-21)34-7-2)9-8-19(3)17-27(4,30-18-32)26(33)31(5)24-15-22(28)14-23(29)16-24/h6,8-16,18H,1,7,17H2,2-5H3,(H,30,32)/b19-8+,20-9+. The van der Waals surface area contributed by atoms with E-state index < -0.39 is 5.54 Å². The molecule has 0 aromatic heterocycles. The van der Waals surface area contributed by atoms with Crippen LogP contribution in [0.5, 0.6) is 5.75 Å². The monoisotopic (exact) mass is 500 g/mol. The van der Waals surface area contributed by atoms with Crippen LogP contribution in [0.4, 0.5) is 5.69 Å². The Morgan fingerprint density at radius 3 is 2.29 bits per heavy atom. The van der Waals surface area contributed by atoms with Crippen LogP contribution in [-0.4, -0.2) is 31.5 Å². The lowest BCUT2D eigenvalue weighted by atomic mass is 9.91. The van der Waals surface area contributed by atoms with Crippen LogP contribution in [0.2, 0.25) is 10.0 Å². The van der Waals surface area contributed by atoms with E-state index in [4.69, 9.17) is 27.9 Å². The second-order valence-electron chi connectivity index (χ2n) is 8.06. The number of nitrogens with one attached hydrogen (secondary N) is 1. The molecule has 7 heteroatoms. The summed E-state index contributed by atoms with van der Waals surface area (Å²) in [6, 6.07) is 12.6. The van der Waals surface area contributed by atoms with Crippen LogP contribution in [0.15, 0.2) is 72.8 Å². The van der Waals surface area contributed by atoms with Gasteiger partial charge in [0.2, 0.25) is 6.41 Å². The van der Waals surface area contributed by atoms with Crippen LogP contribution in [0.25, 0.3) is 5.57 Å². The van der Waals surface area contributed by atoms with E-state index in [0.717, 1.165) is 22.5 Å². The van der Waals surface area contributed by atoms with Crippen LogP contribution in [-0.2, 0) is 9.59 Å². The summed E-state index contributed by atoms with van der Waals surface area (Å²) in [6.45, 7) is 10.1. The van der Waals surface area contributed by atoms with Gasteiger partial charge in [0.05, 0.1) is 6.61 Å². The third kappa shape index (κ3) is 7.24. The predicted molar refractivity (Wildman–Crippen MR) is 142 cm³/mol. The molecule has 0 aliphatic carbocycles. The maximum atomic E-state index is 13.4. The molecule has 2 aromatic rings. The van der Waals surface area contributed by atoms with Crippen LogP contribution in [0.1, 0.15) is 32.8 Å². The topological polar surface area (TPSA) is 58.6 Å². The van der Waals surface area contributed by atoms with Crippen molar-refractivity contribution in [1.82, 2.24) is 5.32 Å². The average molecular weight is 501 g/mol. The Morgan fingerprint density at radius 1 is 1.15 bits per heavy atom. The molecule has 0 bridgehead atoms. The number of carbonyl (C=O) groups is 2. The van der Waals surface area contributed by atoms with E-state index in [9.17, 15) is 9.59 Å². The van der Waals surface area contributed by atoms with Gasteiger partial charge in [0.25, 0.3) is 5.91 Å². The van der Waals surface area contributed by atoms with Gasteiger partial charge in [-0.3, -0.25) is 9.59 Å². The van der Waals surface area contributed by atoms with Gasteiger partial charge in [-0.2, -0.15) is 0 Å². The van der Waals surface area contributed by atoms with Crippen molar-refractivity contribution in [2.45, 2.75) is 32.7 Å². The Morgan fingerprint density at radius 2 is 1.76 bits per heavy atom. The first kappa shape index (κ1) is 27.2. The Kier molecular flexibility index (Phi) is 9.97. The van der Waals surface area contributed by atoms with Gasteiger partial charge >= 0.3 is 0 Å². The van der Waals surface area contributed by atoms with Gasteiger partial charge in [0.15, 0.2) is 0 Å². The quantitative estimate of drug-likeness (QED) is 0.284. The highest BCUT2D eigenvalue weighted by atomic mass is 35.5. The highest BCUT2D eigenvalue weighted by Crippen LogP contribution is 2.28. The van der Waals surface area contributed by atoms with Gasteiger partial charge in [-0.1, -0.05) is 65.7 Å². The van der Waals surface area contributed by atoms with Crippen LogP contribution in [0.3, 0.4) is 0 Å². The lowest BCUT2D eigenvalue weighted by molar-refractivity contribution is -0.127. The van der Waals surface area contributed by atoms with Gasteiger partial charge in [0.1, 0.15) is 11.3 Å². The minimum absolute atomic E-state index is 0.299. The summed E-state index contributed by atoms with van der Waals surface area (Å²) in [5.74, 6) is 0.505. The zero-order chi connectivity index (χ0) is 25.3. The lowest BCUT2D eigenvalue weighted by Gasteiger charge is -2.32. The van der Waals surface area contributed by atoms with Crippen molar-refractivity contribution in [2.24, 2.45) is 0 Å². The molecule has 0 aliphatic heterocycles. The SMILES string of the molecule is C=C/C(=C\C=C(/C)CC(C)(NC=O)C(=O)N(C)c1cc(Cl)cc(Cl)c1)c1ccc(OCC)cc1. The zero-order valence-corrected chi connectivity index (χ0v) is 21.4. The molecular formula is C27H30Cl2N2O3. The van der Waals surface area contributed by atoms with Gasteiger partial charge in [-0.25, -0.2) is 0 Å². The van der Waals surface area contributed by atoms with E-state index >= 15 is 0 Å². The number of ether oxygens (including phenoxy) is 1. The number of likely N-dealkylation sites (N-methyl/N-ethyl adjacent to an activating group) is 1. The maximum Gasteiger partial charge on any atom is 0.252 e. The Hall–Kier alpha value is -3.02. The fourth-order valence-corrected chi connectivity index (χ4v) is 4.09. The van der Waals surface area contributed by atoms with E-state index in [1.807, 2.05) is 50.3 Å². The Balaban J connectivity index is 2.26. The molecule has 2 rings (SSSR count). The van der Waals surface area contributed by atoms with E-state index in [2.05, 4.69) is 11.9 Å². The average Bonchev–Trinajstić information content (AvgIpc) is 2.79. The highest BCUT2D eigenvalue weighted by molar-refractivity contribution is 6.35. The van der Waals surface area contributed by atoms with Crippen molar-refractivity contribution in [3.63, 3.8) is 0 Å². The number of halogens is 2. The smallest absolute Gasteiger partial charge is 0.252 e. The third-order valence-corrected chi connectivity index (χ3v) is 5.72. The van der Waals surface area contributed by atoms with Gasteiger partial charge in [-0.05, 0) is 62.2 Å². The summed E-state index contributed by atoms with van der Waals surface area (Å²) in [5.41, 5.74) is 2.17. The molecule has 0 spiro atoms. The molecule has 0 saturated carbocycles. The maximum absolute atomic E-state index is 13.4. The molecule has 5 nitrogen and oxygen atoms in total. The molecule has 34 heavy (non-hydrogen) atoms. The lowest BCUT2D eigenvalue weighted by Crippen LogP contribution is -2.55. The summed E-state index contributed by atoms with van der Waals surface area (Å²) in [4.78, 5) is 26.2. The first-order valence-corrected chi connectivity index (χ1v) is 11.6. The Bertz CT molecular complexity index is 1070. The fourth-order valence-electron chi connectivity index (χ4n) is 3.58. The number of carbonyl (C=O) groups excluding carboxylic acids is 2. The molecule has 0 saturated heterocycles. The van der Waals surface area contributed by atoms with Crippen LogP contribution in [0, 0.1) is 0 Å². The third-order valence-electron chi connectivity index (χ3n) is 5.29. The fraction of sp³-hybridized carbons (Fsp3) is 0.259. The highest BCUT2D eigenvalue weighted by Gasteiger charge is 2.36. The number of anilines is 1. The number of benzene rings is 2. The van der Waals surface area contributed by atoms with E-state index in [1.165, 1.54) is 4.90 Å². The second kappa shape index (κ2) is 12.4. The summed E-state index contributed by atoms with van der Waals surface area (Å²) < 4.78 is 5.49. The van der Waals surface area contributed by atoms with E-state index in [1.54, 1.807) is 38.2 Å². The molecule has 1 unspecified atom stereocenters. The number of allylic oxidation sites excluding steroid dienone is 4. The van der Waals surface area contributed by atoms with Crippen molar-refractivity contribution in [3.8, 4) is 5.75 Å². The summed E-state index contributed by atoms with van der Waals surface area (Å²) in [6.07, 6.45) is 6.46. The number of hydrogen-bond donors (Lipinski definition) is 1. The molecule has 0 fully saturated rings. The van der Waals surface area contributed by atoms with Crippen molar-refractivity contribution in [3.05, 3.63) is 88.5 Å². The van der Waals surface area contributed by atoms with Crippen molar-refractivity contribution >= 4 is 46.8 Å². The van der Waals surface area contributed by atoms with Gasteiger partial charge < -0.3 is 15.0 Å². The molecule has 0 radical (unpaired) electrons. The first-order chi connectivity index (χ1) is 16.1. The van der Waals surface area contributed by atoms with E-state index in [-0.39, 0.29) is 5.91 Å². The first-order valence-electron chi connectivity index (χ1n) is 10.8. The van der Waals surface area contributed by atoms with Crippen molar-refractivity contribution in [1.29, 1.82) is 0 Å². The number of rotatable bonds is 11. The molecule has 0 aliphatic rings. The summed E-state index contributed by atoms with van der Waals surface area (Å²) in [5, 5.41) is 3.52. The van der Waals surface area contributed by atoms with Gasteiger partial charge in [-0.15, -0.1) is 0 Å². The molecular weight excluding hydrogens is 471 g/mol. The summed E-state index contributed by atoms with van der Waals surface area (Å²) >= 11 is 12.2. The number of hydrogen-bond acceptors (Lipinski definition) is 3. The number of amides is 2. The molecule has 180 valence electrons. The Labute approximate surface area is 211 Å². The van der Waals surface area contributed by atoms with Crippen LogP contribution < -0.4 is 15.0 Å². The predicted octanol–water partition coefficient (Wildman–Crippen LogP) is 6.47. The minimum Gasteiger partial charge on any atom is -0.494 e. The van der Waals surface area contributed by atoms with E-state index in [0.29, 0.717) is 35.2 Å². The van der Waals surface area contributed by atoms with Crippen molar-refractivity contribution < 1.29 is 14.3 Å². The number of nitrogens with zero attached hydrogens (tertiary/aromatic N) is 1. The molecule has 0 heterocycles. The zero-order valence-electron chi connectivity index (χ0n) is 19.9. The normalized spacial score (nSPS) is 13.6. The van der Waals surface area contributed by atoms with Crippen LogP contribution >= 0.6 is 23.2 Å². The second-order valence-corrected chi connectivity index (χ2v) is 8.93. The van der Waals surface area contributed by atoms with Crippen molar-refractivity contribution in [2.75, 3.05) is 18.6 Å². The molecule has 2 amide bonds. The largest absolute Gasteiger partial charge is 0.494 e. The molecule has 1 atom stereocenters.